The summed E-state index contributed by atoms with van der Waals surface area (Å²) in [5, 5.41) is 39.4. The molecule has 0 saturated heterocycles. The number of rotatable bonds is 9. The molecule has 0 aliphatic rings. The molecule has 0 unspecified atom stereocenters. The largest absolute Gasteiger partial charge is 0.394 e. The van der Waals surface area contributed by atoms with E-state index in [1.54, 1.807) is 24.3 Å². The molecular formula is C15H19IN2O7. The van der Waals surface area contributed by atoms with Crippen molar-refractivity contribution in [3.8, 4) is 0 Å². The van der Waals surface area contributed by atoms with Crippen molar-refractivity contribution in [1.29, 1.82) is 0 Å². The van der Waals surface area contributed by atoms with E-state index >= 15 is 0 Å². The Hall–Kier alpha value is -1.44. The first-order chi connectivity index (χ1) is 11.7. The molecule has 0 aromatic heterocycles. The van der Waals surface area contributed by atoms with E-state index in [2.05, 4.69) is 27.9 Å². The molecule has 0 aliphatic carbocycles. The minimum Gasteiger partial charge on any atom is -0.394 e. The monoisotopic (exact) mass is 466 g/mol. The molecule has 10 heteroatoms. The van der Waals surface area contributed by atoms with Crippen LogP contribution in [0.3, 0.4) is 0 Å². The van der Waals surface area contributed by atoms with Gasteiger partial charge in [0.1, 0.15) is 24.4 Å². The summed E-state index contributed by atoms with van der Waals surface area (Å²) < 4.78 is 0.920. The van der Waals surface area contributed by atoms with E-state index in [1.807, 2.05) is 0 Å². The Morgan fingerprint density at radius 2 is 1.64 bits per heavy atom. The smallest absolute Gasteiger partial charge is 0.251 e. The molecule has 138 valence electrons. The summed E-state index contributed by atoms with van der Waals surface area (Å²) in [4.78, 5) is 35.5. The van der Waals surface area contributed by atoms with Gasteiger partial charge in [-0.05, 0) is 46.9 Å². The minimum atomic E-state index is -1.95. The minimum absolute atomic E-state index is 0.298. The number of benzene rings is 1. The van der Waals surface area contributed by atoms with E-state index in [1.165, 1.54) is 0 Å². The summed E-state index contributed by atoms with van der Waals surface area (Å²) >= 11 is 2.06. The van der Waals surface area contributed by atoms with Crippen molar-refractivity contribution in [3.05, 3.63) is 33.4 Å². The molecule has 0 heterocycles. The van der Waals surface area contributed by atoms with Crippen molar-refractivity contribution in [2.24, 2.45) is 5.73 Å². The lowest BCUT2D eigenvalue weighted by Crippen LogP contribution is -2.55. The fourth-order valence-corrected chi connectivity index (χ4v) is 2.20. The first-order valence-corrected chi connectivity index (χ1v) is 8.28. The molecule has 1 rings (SSSR count). The number of amides is 1. The Kier molecular flexibility index (Phi) is 8.55. The number of Topliss-reactive ketones (excluding diaryl/α,β-unsaturated/α-hetero) is 2. The normalized spacial score (nSPS) is 15.8. The van der Waals surface area contributed by atoms with E-state index in [9.17, 15) is 29.7 Å². The number of hydrogen-bond donors (Lipinski definition) is 6. The number of ketones is 2. The van der Waals surface area contributed by atoms with Gasteiger partial charge in [-0.2, -0.15) is 0 Å². The van der Waals surface area contributed by atoms with Crippen molar-refractivity contribution in [2.45, 2.75) is 24.4 Å². The van der Waals surface area contributed by atoms with Gasteiger partial charge < -0.3 is 31.5 Å². The summed E-state index contributed by atoms with van der Waals surface area (Å²) in [6.45, 7) is -1.50. The first kappa shape index (κ1) is 21.6. The predicted octanol–water partition coefficient (Wildman–Crippen LogP) is -2.44. The third-order valence-corrected chi connectivity index (χ3v) is 4.11. The predicted molar refractivity (Wildman–Crippen MR) is 94.6 cm³/mol. The fraction of sp³-hybridized carbons (Fsp3) is 0.400. The highest BCUT2D eigenvalue weighted by Gasteiger charge is 2.35. The van der Waals surface area contributed by atoms with Gasteiger partial charge in [-0.25, -0.2) is 0 Å². The molecule has 9 nitrogen and oxygen atoms in total. The van der Waals surface area contributed by atoms with Gasteiger partial charge in [0.2, 0.25) is 11.6 Å². The number of nitrogens with one attached hydrogen (secondary N) is 1. The lowest BCUT2D eigenvalue weighted by molar-refractivity contribution is -0.141. The zero-order valence-corrected chi connectivity index (χ0v) is 15.2. The highest BCUT2D eigenvalue weighted by Crippen LogP contribution is 2.07. The van der Waals surface area contributed by atoms with Crippen LogP contribution in [0, 0.1) is 3.57 Å². The summed E-state index contributed by atoms with van der Waals surface area (Å²) in [6.07, 6.45) is -5.58. The topological polar surface area (TPSA) is 170 Å². The third-order valence-electron chi connectivity index (χ3n) is 3.39. The maximum Gasteiger partial charge on any atom is 0.251 e. The van der Waals surface area contributed by atoms with Gasteiger partial charge in [0.15, 0.2) is 0 Å². The molecule has 0 fully saturated rings. The fourth-order valence-electron chi connectivity index (χ4n) is 1.84. The number of carbonyl (C=O) groups excluding carboxylic acids is 3. The van der Waals surface area contributed by atoms with Crippen molar-refractivity contribution < 1.29 is 34.8 Å². The summed E-state index contributed by atoms with van der Waals surface area (Å²) in [5.41, 5.74) is 5.70. The van der Waals surface area contributed by atoms with Gasteiger partial charge in [-0.15, -0.1) is 0 Å². The summed E-state index contributed by atoms with van der Waals surface area (Å²) in [7, 11) is 0. The van der Waals surface area contributed by atoms with Crippen molar-refractivity contribution in [2.75, 3.05) is 13.2 Å². The molecule has 1 amide bonds. The molecule has 0 bridgehead atoms. The number of aliphatic hydroxyl groups is 4. The number of nitrogens with two attached hydrogens (primary N) is 1. The van der Waals surface area contributed by atoms with Gasteiger partial charge in [-0.3, -0.25) is 14.4 Å². The molecule has 1 aromatic carbocycles. The molecule has 7 N–H and O–H groups in total. The number of aliphatic hydroxyl groups excluding tert-OH is 4. The summed E-state index contributed by atoms with van der Waals surface area (Å²) in [6, 6.07) is 4.68. The Bertz CT molecular complexity index is 623. The van der Waals surface area contributed by atoms with Gasteiger partial charge in [0, 0.05) is 9.13 Å². The molecular weight excluding hydrogens is 447 g/mol. The van der Waals surface area contributed by atoms with Crippen LogP contribution in [0.15, 0.2) is 24.3 Å². The van der Waals surface area contributed by atoms with Gasteiger partial charge in [0.05, 0.1) is 13.2 Å². The Morgan fingerprint density at radius 1 is 1.08 bits per heavy atom. The second kappa shape index (κ2) is 9.89. The van der Waals surface area contributed by atoms with Crippen LogP contribution in [0.4, 0.5) is 0 Å². The lowest BCUT2D eigenvalue weighted by atomic mass is 9.97. The highest BCUT2D eigenvalue weighted by atomic mass is 127. The van der Waals surface area contributed by atoms with Crippen molar-refractivity contribution >= 4 is 40.1 Å². The van der Waals surface area contributed by atoms with Crippen LogP contribution < -0.4 is 11.1 Å². The first-order valence-electron chi connectivity index (χ1n) is 7.20. The third kappa shape index (κ3) is 6.09. The Labute approximate surface area is 157 Å². The number of carbonyl (C=O) groups is 3. The standard InChI is InChI=1S/C15H19IN2O7/c16-8-3-1-7(2-4-8)15(25)18-5-9(20)12(22)11(17)14(24)13(23)10(21)6-19/h1-4,10-11,13-14,19,21,23-24H,5-6,17H2,(H,18,25)/t10-,11+,13-,14-/m1/s1. The van der Waals surface area contributed by atoms with Crippen LogP contribution >= 0.6 is 22.6 Å². The van der Waals surface area contributed by atoms with Crippen LogP contribution in [-0.4, -0.2) is 75.4 Å². The zero-order chi connectivity index (χ0) is 19.1. The van der Waals surface area contributed by atoms with E-state index < -0.39 is 55.0 Å². The second-order valence-corrected chi connectivity index (χ2v) is 6.48. The van der Waals surface area contributed by atoms with E-state index in [4.69, 9.17) is 10.8 Å². The molecule has 0 radical (unpaired) electrons. The number of halogens is 1. The van der Waals surface area contributed by atoms with Crippen molar-refractivity contribution in [1.82, 2.24) is 5.32 Å². The molecule has 0 spiro atoms. The van der Waals surface area contributed by atoms with Crippen LogP contribution in [0.2, 0.25) is 0 Å². The second-order valence-electron chi connectivity index (χ2n) is 5.23. The van der Waals surface area contributed by atoms with Gasteiger partial charge in [0.25, 0.3) is 5.91 Å². The highest BCUT2D eigenvalue weighted by molar-refractivity contribution is 14.1. The maximum atomic E-state index is 11.9. The quantitative estimate of drug-likeness (QED) is 0.172. The van der Waals surface area contributed by atoms with E-state index in [0.29, 0.717) is 5.56 Å². The van der Waals surface area contributed by atoms with Gasteiger partial charge in [-0.1, -0.05) is 0 Å². The molecule has 4 atom stereocenters. The molecule has 0 aliphatic heterocycles. The average molecular weight is 466 g/mol. The van der Waals surface area contributed by atoms with E-state index in [-0.39, 0.29) is 0 Å². The average Bonchev–Trinajstić information content (AvgIpc) is 2.63. The van der Waals surface area contributed by atoms with Crippen LogP contribution in [0.1, 0.15) is 10.4 Å². The molecule has 25 heavy (non-hydrogen) atoms. The zero-order valence-electron chi connectivity index (χ0n) is 13.0. The molecule has 1 aromatic rings. The van der Waals surface area contributed by atoms with Crippen LogP contribution in [0.25, 0.3) is 0 Å². The van der Waals surface area contributed by atoms with E-state index in [0.717, 1.165) is 3.57 Å². The van der Waals surface area contributed by atoms with Crippen LogP contribution in [0.5, 0.6) is 0 Å². The lowest BCUT2D eigenvalue weighted by Gasteiger charge is -2.25. The Morgan fingerprint density at radius 3 is 2.16 bits per heavy atom. The number of hydrogen-bond acceptors (Lipinski definition) is 8. The Balaban J connectivity index is 2.59. The van der Waals surface area contributed by atoms with Gasteiger partial charge >= 0.3 is 0 Å². The SMILES string of the molecule is N[C@@H](C(=O)C(=O)CNC(=O)c1ccc(I)cc1)[C@@H](O)[C@H](O)[C@H](O)CO. The maximum absolute atomic E-state index is 11.9. The molecule has 0 saturated carbocycles. The van der Waals surface area contributed by atoms with Crippen LogP contribution in [-0.2, 0) is 9.59 Å². The van der Waals surface area contributed by atoms with Crippen molar-refractivity contribution in [3.63, 3.8) is 0 Å². The summed E-state index contributed by atoms with van der Waals surface area (Å²) in [5.74, 6) is -2.86.